The van der Waals surface area contributed by atoms with E-state index in [9.17, 15) is 4.79 Å². The highest BCUT2D eigenvalue weighted by atomic mass is 79.9. The number of likely N-dealkylation sites (tertiary alicyclic amines) is 1. The molecule has 0 spiro atoms. The van der Waals surface area contributed by atoms with E-state index in [4.69, 9.17) is 9.47 Å². The van der Waals surface area contributed by atoms with E-state index < -0.39 is 0 Å². The van der Waals surface area contributed by atoms with Gasteiger partial charge in [-0.1, -0.05) is 0 Å². The molecule has 2 rings (SSSR count). The van der Waals surface area contributed by atoms with Crippen molar-refractivity contribution < 1.29 is 14.3 Å². The molecule has 0 aromatic carbocycles. The van der Waals surface area contributed by atoms with Gasteiger partial charge in [0.25, 0.3) is 0 Å². The molecular formula is C13H17BrN2O3. The summed E-state index contributed by atoms with van der Waals surface area (Å²) in [6, 6.07) is 3.72. The Labute approximate surface area is 121 Å². The Hall–Kier alpha value is -1.14. The van der Waals surface area contributed by atoms with E-state index in [0.29, 0.717) is 25.6 Å². The zero-order valence-electron chi connectivity index (χ0n) is 10.8. The number of rotatable bonds is 5. The van der Waals surface area contributed by atoms with E-state index in [1.54, 1.807) is 11.1 Å². The van der Waals surface area contributed by atoms with Gasteiger partial charge in [-0.3, -0.25) is 4.79 Å². The van der Waals surface area contributed by atoms with Crippen LogP contribution in [0, 0.1) is 0 Å². The summed E-state index contributed by atoms with van der Waals surface area (Å²) in [5, 5.41) is 0. The summed E-state index contributed by atoms with van der Waals surface area (Å²) in [6.45, 7) is 3.88. The molecule has 5 nitrogen and oxygen atoms in total. The molecule has 0 saturated carbocycles. The predicted molar refractivity (Wildman–Crippen MR) is 74.0 cm³/mol. The second-order valence-corrected chi connectivity index (χ2v) is 5.15. The van der Waals surface area contributed by atoms with Crippen molar-refractivity contribution in [3.63, 3.8) is 0 Å². The van der Waals surface area contributed by atoms with Gasteiger partial charge >= 0.3 is 0 Å². The summed E-state index contributed by atoms with van der Waals surface area (Å²) in [4.78, 5) is 17.7. The van der Waals surface area contributed by atoms with Gasteiger partial charge in [-0.05, 0) is 35.0 Å². The number of halogens is 1. The zero-order chi connectivity index (χ0) is 13.7. The molecule has 6 heteroatoms. The zero-order valence-corrected chi connectivity index (χ0v) is 12.4. The second-order valence-electron chi connectivity index (χ2n) is 4.30. The summed E-state index contributed by atoms with van der Waals surface area (Å²) in [5.41, 5.74) is 0. The summed E-state index contributed by atoms with van der Waals surface area (Å²) in [7, 11) is 0. The molecule has 0 bridgehead atoms. The highest BCUT2D eigenvalue weighted by molar-refractivity contribution is 9.10. The molecule has 19 heavy (non-hydrogen) atoms. The van der Waals surface area contributed by atoms with Gasteiger partial charge in [-0.15, -0.1) is 0 Å². The Balaban J connectivity index is 1.85. The fourth-order valence-electron chi connectivity index (χ4n) is 1.95. The third-order valence-corrected chi connectivity index (χ3v) is 3.53. The Bertz CT molecular complexity index is 442. The Kier molecular flexibility index (Phi) is 5.15. The van der Waals surface area contributed by atoms with Crippen LogP contribution in [0.4, 0.5) is 0 Å². The number of nitrogens with zero attached hydrogens (tertiary/aromatic N) is 2. The Morgan fingerprint density at radius 3 is 3.21 bits per heavy atom. The molecule has 1 fully saturated rings. The second kappa shape index (κ2) is 6.86. The van der Waals surface area contributed by atoms with Crippen LogP contribution in [0.2, 0.25) is 0 Å². The molecule has 0 unspecified atom stereocenters. The maximum absolute atomic E-state index is 11.8. The van der Waals surface area contributed by atoms with Gasteiger partial charge in [0.2, 0.25) is 11.8 Å². The first-order valence-electron chi connectivity index (χ1n) is 6.33. The van der Waals surface area contributed by atoms with Crippen LogP contribution in [-0.2, 0) is 9.53 Å². The lowest BCUT2D eigenvalue weighted by atomic mass is 10.3. The van der Waals surface area contributed by atoms with Crippen LogP contribution in [0.15, 0.2) is 22.8 Å². The van der Waals surface area contributed by atoms with Gasteiger partial charge in [-0.2, -0.15) is 0 Å². The lowest BCUT2D eigenvalue weighted by Crippen LogP contribution is -2.33. The van der Waals surface area contributed by atoms with Crippen LogP contribution in [0.3, 0.4) is 0 Å². The number of carbonyl (C=O) groups excluding carboxylic acids is 1. The number of pyridine rings is 1. The maximum Gasteiger partial charge on any atom is 0.248 e. The molecular weight excluding hydrogens is 312 g/mol. The van der Waals surface area contributed by atoms with Crippen molar-refractivity contribution in [2.45, 2.75) is 19.4 Å². The van der Waals surface area contributed by atoms with Crippen molar-refractivity contribution >= 4 is 21.8 Å². The SMILES string of the molecule is CCOCC(=O)N1CC[C@H](Oc2ncccc2Br)C1. The third kappa shape index (κ3) is 3.91. The minimum absolute atomic E-state index is 0.00298. The quantitative estimate of drug-likeness (QED) is 0.827. The molecule has 1 amide bonds. The fraction of sp³-hybridized carbons (Fsp3) is 0.538. The molecule has 1 aromatic rings. The summed E-state index contributed by atoms with van der Waals surface area (Å²) >= 11 is 3.39. The van der Waals surface area contributed by atoms with Crippen LogP contribution in [0.5, 0.6) is 5.88 Å². The Morgan fingerprint density at radius 1 is 1.63 bits per heavy atom. The molecule has 0 aliphatic carbocycles. The predicted octanol–water partition coefficient (Wildman–Crippen LogP) is 1.86. The average Bonchev–Trinajstić information content (AvgIpc) is 2.87. The molecule has 0 radical (unpaired) electrons. The van der Waals surface area contributed by atoms with E-state index in [0.717, 1.165) is 10.9 Å². The van der Waals surface area contributed by atoms with Crippen LogP contribution in [0.25, 0.3) is 0 Å². The first kappa shape index (κ1) is 14.3. The monoisotopic (exact) mass is 328 g/mol. The largest absolute Gasteiger partial charge is 0.472 e. The van der Waals surface area contributed by atoms with Gasteiger partial charge in [0.1, 0.15) is 12.7 Å². The molecule has 2 heterocycles. The minimum atomic E-state index is -0.00298. The van der Waals surface area contributed by atoms with Crippen LogP contribution in [-0.4, -0.2) is 48.2 Å². The maximum atomic E-state index is 11.8. The lowest BCUT2D eigenvalue weighted by Gasteiger charge is -2.17. The molecule has 1 aliphatic heterocycles. The highest BCUT2D eigenvalue weighted by Crippen LogP contribution is 2.24. The lowest BCUT2D eigenvalue weighted by molar-refractivity contribution is -0.135. The normalized spacial score (nSPS) is 18.6. The van der Waals surface area contributed by atoms with Gasteiger partial charge in [0, 0.05) is 25.8 Å². The minimum Gasteiger partial charge on any atom is -0.472 e. The molecule has 0 N–H and O–H groups in total. The topological polar surface area (TPSA) is 51.7 Å². The van der Waals surface area contributed by atoms with E-state index in [2.05, 4.69) is 20.9 Å². The van der Waals surface area contributed by atoms with Gasteiger partial charge in [-0.25, -0.2) is 4.98 Å². The van der Waals surface area contributed by atoms with E-state index in [-0.39, 0.29) is 18.6 Å². The van der Waals surface area contributed by atoms with Crippen molar-refractivity contribution in [2.75, 3.05) is 26.3 Å². The number of hydrogen-bond donors (Lipinski definition) is 0. The summed E-state index contributed by atoms with van der Waals surface area (Å²) in [5.74, 6) is 0.597. The standard InChI is InChI=1S/C13H17BrN2O3/c1-2-18-9-12(17)16-7-5-10(8-16)19-13-11(14)4-3-6-15-13/h3-4,6,10H,2,5,7-9H2,1H3/t10-/m0/s1. The van der Waals surface area contributed by atoms with Gasteiger partial charge in [0.05, 0.1) is 11.0 Å². The van der Waals surface area contributed by atoms with Gasteiger partial charge < -0.3 is 14.4 Å². The molecule has 104 valence electrons. The van der Waals surface area contributed by atoms with Crippen molar-refractivity contribution in [3.8, 4) is 5.88 Å². The van der Waals surface area contributed by atoms with E-state index in [1.807, 2.05) is 19.1 Å². The summed E-state index contributed by atoms with van der Waals surface area (Å²) < 4.78 is 11.8. The number of aromatic nitrogens is 1. The smallest absolute Gasteiger partial charge is 0.248 e. The third-order valence-electron chi connectivity index (χ3n) is 2.93. The Morgan fingerprint density at radius 2 is 2.47 bits per heavy atom. The van der Waals surface area contributed by atoms with Crippen molar-refractivity contribution in [2.24, 2.45) is 0 Å². The number of carbonyl (C=O) groups is 1. The van der Waals surface area contributed by atoms with Crippen molar-refractivity contribution in [1.82, 2.24) is 9.88 Å². The average molecular weight is 329 g/mol. The van der Waals surface area contributed by atoms with Gasteiger partial charge in [0.15, 0.2) is 0 Å². The number of amides is 1. The fourth-order valence-corrected chi connectivity index (χ4v) is 2.30. The molecule has 1 saturated heterocycles. The van der Waals surface area contributed by atoms with Crippen molar-refractivity contribution in [1.29, 1.82) is 0 Å². The number of ether oxygens (including phenoxy) is 2. The molecule has 1 aliphatic rings. The molecule has 1 atom stereocenters. The first-order valence-corrected chi connectivity index (χ1v) is 7.12. The van der Waals surface area contributed by atoms with Crippen molar-refractivity contribution in [3.05, 3.63) is 22.8 Å². The molecule has 1 aromatic heterocycles. The highest BCUT2D eigenvalue weighted by Gasteiger charge is 2.28. The first-order chi connectivity index (χ1) is 9.20. The summed E-state index contributed by atoms with van der Waals surface area (Å²) in [6.07, 6.45) is 2.50. The van der Waals surface area contributed by atoms with E-state index in [1.165, 1.54) is 0 Å². The van der Waals surface area contributed by atoms with Crippen LogP contribution >= 0.6 is 15.9 Å². The van der Waals surface area contributed by atoms with Crippen LogP contribution < -0.4 is 4.74 Å². The van der Waals surface area contributed by atoms with Crippen LogP contribution in [0.1, 0.15) is 13.3 Å². The number of hydrogen-bond acceptors (Lipinski definition) is 4. The van der Waals surface area contributed by atoms with E-state index >= 15 is 0 Å².